The van der Waals surface area contributed by atoms with Crippen LogP contribution in [0.4, 0.5) is 0 Å². The third kappa shape index (κ3) is 3.95. The molecular formula is C24H22ClN3O3. The van der Waals surface area contributed by atoms with Gasteiger partial charge in [0.1, 0.15) is 5.69 Å². The lowest BCUT2D eigenvalue weighted by molar-refractivity contribution is -0.136. The standard InChI is InChI=1S/C24H22ClN3O3/c25-19-8-6-17(7-9-19)23-20-10-11-27(15-21(20)26-31-23)24(30)18-12-22(29)28(14-18)13-16-4-2-1-3-5-16/h1-9,18H,10-15H2. The number of fused-ring (bicyclic) bond motifs is 1. The first-order chi connectivity index (χ1) is 15.1. The van der Waals surface area contributed by atoms with Gasteiger partial charge in [0.2, 0.25) is 11.8 Å². The lowest BCUT2D eigenvalue weighted by Crippen LogP contribution is -2.40. The van der Waals surface area contributed by atoms with E-state index in [2.05, 4.69) is 5.16 Å². The first-order valence-corrected chi connectivity index (χ1v) is 10.8. The fraction of sp³-hybridized carbons (Fsp3) is 0.292. The third-order valence-corrected chi connectivity index (χ3v) is 6.29. The molecule has 1 saturated heterocycles. The van der Waals surface area contributed by atoms with Crippen molar-refractivity contribution in [3.63, 3.8) is 0 Å². The zero-order chi connectivity index (χ0) is 21.4. The third-order valence-electron chi connectivity index (χ3n) is 6.04. The second-order valence-corrected chi connectivity index (χ2v) is 8.55. The van der Waals surface area contributed by atoms with E-state index in [-0.39, 0.29) is 24.2 Å². The van der Waals surface area contributed by atoms with Gasteiger partial charge >= 0.3 is 0 Å². The summed E-state index contributed by atoms with van der Waals surface area (Å²) in [7, 11) is 0. The highest BCUT2D eigenvalue weighted by atomic mass is 35.5. The molecule has 2 aromatic carbocycles. The predicted octanol–water partition coefficient (Wildman–Crippen LogP) is 3.93. The summed E-state index contributed by atoms with van der Waals surface area (Å²) >= 11 is 5.98. The summed E-state index contributed by atoms with van der Waals surface area (Å²) in [5, 5.41) is 4.89. The highest BCUT2D eigenvalue weighted by Gasteiger charge is 2.38. The molecule has 5 rings (SSSR count). The van der Waals surface area contributed by atoms with E-state index in [1.54, 1.807) is 9.80 Å². The molecule has 1 aromatic heterocycles. The highest BCUT2D eigenvalue weighted by molar-refractivity contribution is 6.30. The maximum absolute atomic E-state index is 13.1. The second kappa shape index (κ2) is 8.19. The topological polar surface area (TPSA) is 66.7 Å². The monoisotopic (exact) mass is 435 g/mol. The van der Waals surface area contributed by atoms with Gasteiger partial charge in [0.25, 0.3) is 0 Å². The molecule has 2 aliphatic heterocycles. The molecule has 0 saturated carbocycles. The molecule has 158 valence electrons. The summed E-state index contributed by atoms with van der Waals surface area (Å²) in [6.45, 7) is 2.01. The number of amides is 2. The van der Waals surface area contributed by atoms with Crippen molar-refractivity contribution in [1.82, 2.24) is 15.0 Å². The lowest BCUT2D eigenvalue weighted by atomic mass is 9.99. The van der Waals surface area contributed by atoms with Crippen LogP contribution in [0.25, 0.3) is 11.3 Å². The number of aromatic nitrogens is 1. The smallest absolute Gasteiger partial charge is 0.228 e. The normalized spacial score (nSPS) is 18.4. The van der Waals surface area contributed by atoms with Crippen molar-refractivity contribution in [2.24, 2.45) is 5.92 Å². The molecule has 2 aliphatic rings. The fourth-order valence-electron chi connectivity index (χ4n) is 4.40. The van der Waals surface area contributed by atoms with Gasteiger partial charge in [0.05, 0.1) is 12.5 Å². The molecule has 1 unspecified atom stereocenters. The van der Waals surface area contributed by atoms with E-state index in [4.69, 9.17) is 16.1 Å². The van der Waals surface area contributed by atoms with Crippen LogP contribution in [0.15, 0.2) is 59.1 Å². The van der Waals surface area contributed by atoms with Crippen LogP contribution >= 0.6 is 11.6 Å². The van der Waals surface area contributed by atoms with Gasteiger partial charge in [-0.05, 0) is 36.2 Å². The summed E-state index contributed by atoms with van der Waals surface area (Å²) in [6, 6.07) is 17.3. The van der Waals surface area contributed by atoms with E-state index in [0.29, 0.717) is 37.6 Å². The van der Waals surface area contributed by atoms with E-state index in [1.807, 2.05) is 54.6 Å². The minimum absolute atomic E-state index is 0.0191. The van der Waals surface area contributed by atoms with Crippen LogP contribution in [-0.2, 0) is 29.1 Å². The van der Waals surface area contributed by atoms with Crippen LogP contribution in [0.3, 0.4) is 0 Å². The Labute approximate surface area is 185 Å². The molecule has 31 heavy (non-hydrogen) atoms. The molecule has 7 heteroatoms. The second-order valence-electron chi connectivity index (χ2n) is 8.11. The van der Waals surface area contributed by atoms with Gasteiger partial charge in [-0.3, -0.25) is 9.59 Å². The average Bonchev–Trinajstić information content (AvgIpc) is 3.38. The largest absolute Gasteiger partial charge is 0.356 e. The van der Waals surface area contributed by atoms with Crippen molar-refractivity contribution in [2.45, 2.75) is 25.9 Å². The van der Waals surface area contributed by atoms with Gasteiger partial charge in [0.15, 0.2) is 5.76 Å². The van der Waals surface area contributed by atoms with Crippen LogP contribution < -0.4 is 0 Å². The first-order valence-electron chi connectivity index (χ1n) is 10.4. The zero-order valence-corrected chi connectivity index (χ0v) is 17.7. The highest BCUT2D eigenvalue weighted by Crippen LogP contribution is 2.32. The Kier molecular flexibility index (Phi) is 5.24. The van der Waals surface area contributed by atoms with Gasteiger partial charge in [0, 0.05) is 42.2 Å². The number of carbonyl (C=O) groups is 2. The van der Waals surface area contributed by atoms with E-state index >= 15 is 0 Å². The molecule has 2 amide bonds. The molecule has 1 fully saturated rings. The van der Waals surface area contributed by atoms with Crippen molar-refractivity contribution < 1.29 is 14.1 Å². The zero-order valence-electron chi connectivity index (χ0n) is 17.0. The fourth-order valence-corrected chi connectivity index (χ4v) is 4.53. The number of nitrogens with zero attached hydrogens (tertiary/aromatic N) is 3. The van der Waals surface area contributed by atoms with Crippen molar-refractivity contribution in [2.75, 3.05) is 13.1 Å². The molecule has 0 aliphatic carbocycles. The summed E-state index contributed by atoms with van der Waals surface area (Å²) in [5.74, 6) is 0.487. The number of halogens is 1. The van der Waals surface area contributed by atoms with Gasteiger partial charge in [-0.25, -0.2) is 0 Å². The van der Waals surface area contributed by atoms with Crippen LogP contribution in [-0.4, -0.2) is 39.9 Å². The molecule has 3 aromatic rings. The van der Waals surface area contributed by atoms with Gasteiger partial charge in [-0.15, -0.1) is 0 Å². The minimum atomic E-state index is -0.305. The first kappa shape index (κ1) is 19.8. The molecule has 0 bridgehead atoms. The molecule has 0 spiro atoms. The molecule has 0 N–H and O–H groups in total. The predicted molar refractivity (Wildman–Crippen MR) is 116 cm³/mol. The van der Waals surface area contributed by atoms with Crippen molar-refractivity contribution >= 4 is 23.4 Å². The Morgan fingerprint density at radius 2 is 1.90 bits per heavy atom. The van der Waals surface area contributed by atoms with Crippen molar-refractivity contribution in [3.05, 3.63) is 76.4 Å². The summed E-state index contributed by atoms with van der Waals surface area (Å²) < 4.78 is 5.60. The lowest BCUT2D eigenvalue weighted by Gasteiger charge is -2.28. The number of likely N-dealkylation sites (tertiary alicyclic amines) is 1. The molecular weight excluding hydrogens is 414 g/mol. The van der Waals surface area contributed by atoms with Crippen molar-refractivity contribution in [1.29, 1.82) is 0 Å². The van der Waals surface area contributed by atoms with Crippen LogP contribution in [0, 0.1) is 5.92 Å². The Morgan fingerprint density at radius 1 is 1.13 bits per heavy atom. The molecule has 0 radical (unpaired) electrons. The van der Waals surface area contributed by atoms with E-state index in [9.17, 15) is 9.59 Å². The van der Waals surface area contributed by atoms with Crippen LogP contribution in [0.1, 0.15) is 23.2 Å². The minimum Gasteiger partial charge on any atom is -0.356 e. The Morgan fingerprint density at radius 3 is 2.68 bits per heavy atom. The number of hydrogen-bond donors (Lipinski definition) is 0. The number of carbonyl (C=O) groups excluding carboxylic acids is 2. The number of hydrogen-bond acceptors (Lipinski definition) is 4. The summed E-state index contributed by atoms with van der Waals surface area (Å²) in [5.41, 5.74) is 3.83. The Hall–Kier alpha value is -3.12. The van der Waals surface area contributed by atoms with Crippen LogP contribution in [0.5, 0.6) is 0 Å². The maximum atomic E-state index is 13.1. The van der Waals surface area contributed by atoms with Gasteiger partial charge < -0.3 is 14.3 Å². The van der Waals surface area contributed by atoms with Gasteiger partial charge in [-0.2, -0.15) is 0 Å². The van der Waals surface area contributed by atoms with Crippen LogP contribution in [0.2, 0.25) is 5.02 Å². The van der Waals surface area contributed by atoms with E-state index in [1.165, 1.54) is 0 Å². The van der Waals surface area contributed by atoms with E-state index < -0.39 is 0 Å². The Balaban J connectivity index is 1.26. The van der Waals surface area contributed by atoms with Gasteiger partial charge in [-0.1, -0.05) is 47.1 Å². The molecule has 3 heterocycles. The number of rotatable bonds is 4. The number of benzene rings is 2. The molecule has 1 atom stereocenters. The molecule has 6 nitrogen and oxygen atoms in total. The quantitative estimate of drug-likeness (QED) is 0.622. The summed E-state index contributed by atoms with van der Waals surface area (Å²) in [4.78, 5) is 29.2. The van der Waals surface area contributed by atoms with Crippen molar-refractivity contribution in [3.8, 4) is 11.3 Å². The van der Waals surface area contributed by atoms with E-state index in [0.717, 1.165) is 28.1 Å². The summed E-state index contributed by atoms with van der Waals surface area (Å²) in [6.07, 6.45) is 0.945. The maximum Gasteiger partial charge on any atom is 0.228 e. The Bertz CT molecular complexity index is 1110. The average molecular weight is 436 g/mol. The SMILES string of the molecule is O=C1CC(C(=O)N2CCc3c(noc3-c3ccc(Cl)cc3)C2)CN1Cc1ccccc1.